The molecule has 0 radical (unpaired) electrons. The lowest BCUT2D eigenvalue weighted by Gasteiger charge is -2.24. The second-order valence-electron chi connectivity index (χ2n) is 7.21. The summed E-state index contributed by atoms with van der Waals surface area (Å²) in [4.78, 5) is 16.6. The van der Waals surface area contributed by atoms with Crippen LogP contribution in [-0.2, 0) is 10.0 Å². The Balaban J connectivity index is 2.04. The van der Waals surface area contributed by atoms with Gasteiger partial charge in [0.1, 0.15) is 0 Å². The largest absolute Gasteiger partial charge is 0.307 e. The molecule has 7 heteroatoms. The first kappa shape index (κ1) is 21.9. The van der Waals surface area contributed by atoms with Crippen molar-refractivity contribution in [3.8, 4) is 0 Å². The Bertz CT molecular complexity index is 1000. The van der Waals surface area contributed by atoms with E-state index in [9.17, 15) is 13.2 Å². The first-order chi connectivity index (χ1) is 13.8. The van der Waals surface area contributed by atoms with Gasteiger partial charge in [-0.1, -0.05) is 39.0 Å². The summed E-state index contributed by atoms with van der Waals surface area (Å²) in [5, 5.41) is 0.407. The number of carbonyl (C=O) groups is 1. The number of rotatable bonds is 5. The van der Waals surface area contributed by atoms with Crippen molar-refractivity contribution in [1.29, 1.82) is 0 Å². The number of carbonyl (C=O) groups excluding carboxylic acids is 1. The molecule has 1 heterocycles. The third kappa shape index (κ3) is 4.37. The normalized spacial score (nSPS) is 17.1. The van der Waals surface area contributed by atoms with Crippen molar-refractivity contribution in [2.45, 2.75) is 49.2 Å². The predicted octanol–water partition coefficient (Wildman–Crippen LogP) is 4.56. The van der Waals surface area contributed by atoms with Gasteiger partial charge in [-0.05, 0) is 43.2 Å². The van der Waals surface area contributed by atoms with Crippen LogP contribution >= 0.6 is 11.8 Å². The van der Waals surface area contributed by atoms with Crippen molar-refractivity contribution in [1.82, 2.24) is 4.31 Å². The Morgan fingerprint density at radius 1 is 1.17 bits per heavy atom. The van der Waals surface area contributed by atoms with Gasteiger partial charge in [-0.3, -0.25) is 4.79 Å². The Hall–Kier alpha value is -1.83. The molecular formula is C22H28N2O3S2. The van der Waals surface area contributed by atoms with Crippen LogP contribution in [0.4, 0.5) is 5.69 Å². The Morgan fingerprint density at radius 3 is 2.55 bits per heavy atom. The van der Waals surface area contributed by atoms with Crippen LogP contribution in [0, 0.1) is 6.92 Å². The number of amides is 1. The summed E-state index contributed by atoms with van der Waals surface area (Å²) >= 11 is 1.77. The zero-order valence-corrected chi connectivity index (χ0v) is 19.0. The van der Waals surface area contributed by atoms with Gasteiger partial charge in [-0.2, -0.15) is 4.31 Å². The highest BCUT2D eigenvalue weighted by molar-refractivity contribution is 8.00. The van der Waals surface area contributed by atoms with E-state index in [0.29, 0.717) is 30.4 Å². The monoisotopic (exact) mass is 432 g/mol. The number of anilines is 1. The van der Waals surface area contributed by atoms with Gasteiger partial charge in [0.2, 0.25) is 10.0 Å². The lowest BCUT2D eigenvalue weighted by Crippen LogP contribution is -2.33. The molecule has 1 aliphatic rings. The van der Waals surface area contributed by atoms with Crippen molar-refractivity contribution in [3.05, 3.63) is 53.6 Å². The second kappa shape index (κ2) is 8.90. The highest BCUT2D eigenvalue weighted by Gasteiger charge is 2.28. The molecule has 0 aliphatic carbocycles. The molecule has 2 aromatic rings. The third-order valence-electron chi connectivity index (χ3n) is 5.27. The fourth-order valence-electron chi connectivity index (χ4n) is 3.55. The van der Waals surface area contributed by atoms with Crippen LogP contribution < -0.4 is 4.90 Å². The molecule has 156 valence electrons. The maximum Gasteiger partial charge on any atom is 0.258 e. The van der Waals surface area contributed by atoms with Gasteiger partial charge in [-0.25, -0.2) is 8.42 Å². The number of para-hydroxylation sites is 1. The number of nitrogens with zero attached hydrogens (tertiary/aromatic N) is 2. The molecule has 0 fully saturated rings. The Kier molecular flexibility index (Phi) is 6.71. The number of sulfonamides is 1. The molecule has 1 amide bonds. The second-order valence-corrected chi connectivity index (χ2v) is 10.6. The molecule has 0 N–H and O–H groups in total. The number of benzene rings is 2. The summed E-state index contributed by atoms with van der Waals surface area (Å²) < 4.78 is 27.3. The molecule has 0 bridgehead atoms. The highest BCUT2D eigenvalue weighted by Crippen LogP contribution is 2.38. The summed E-state index contributed by atoms with van der Waals surface area (Å²) in [7, 11) is -3.62. The zero-order valence-electron chi connectivity index (χ0n) is 17.4. The van der Waals surface area contributed by atoms with Crippen LogP contribution in [0.15, 0.2) is 52.3 Å². The first-order valence-electron chi connectivity index (χ1n) is 9.98. The summed E-state index contributed by atoms with van der Waals surface area (Å²) in [5.41, 5.74) is 2.10. The van der Waals surface area contributed by atoms with Gasteiger partial charge in [-0.15, -0.1) is 11.8 Å². The van der Waals surface area contributed by atoms with Crippen LogP contribution in [0.1, 0.15) is 43.1 Å². The standard InChI is InChI=1S/C22H28N2O3S2/c1-5-23(6-2)29(26,27)18-12-11-16(3)19(15-18)22(25)24-14-13-17(4)28-21-10-8-7-9-20(21)24/h7-12,15,17H,5-6,13-14H2,1-4H3. The van der Waals surface area contributed by atoms with Gasteiger partial charge in [0.25, 0.3) is 5.91 Å². The molecule has 0 spiro atoms. The van der Waals surface area contributed by atoms with E-state index in [-0.39, 0.29) is 10.8 Å². The molecule has 29 heavy (non-hydrogen) atoms. The van der Waals surface area contributed by atoms with Crippen molar-refractivity contribution in [2.24, 2.45) is 0 Å². The predicted molar refractivity (Wildman–Crippen MR) is 119 cm³/mol. The molecule has 1 atom stereocenters. The summed E-state index contributed by atoms with van der Waals surface area (Å²) in [6, 6.07) is 12.8. The van der Waals surface area contributed by atoms with Crippen LogP contribution in [-0.4, -0.2) is 43.5 Å². The molecule has 5 nitrogen and oxygen atoms in total. The summed E-state index contributed by atoms with van der Waals surface area (Å²) in [6.07, 6.45) is 0.877. The molecule has 3 rings (SSSR count). The minimum atomic E-state index is -3.62. The first-order valence-corrected chi connectivity index (χ1v) is 12.3. The van der Waals surface area contributed by atoms with Gasteiger partial charge in [0.05, 0.1) is 10.6 Å². The van der Waals surface area contributed by atoms with Gasteiger partial charge in [0.15, 0.2) is 0 Å². The van der Waals surface area contributed by atoms with Crippen molar-refractivity contribution in [2.75, 3.05) is 24.5 Å². The van der Waals surface area contributed by atoms with Crippen molar-refractivity contribution < 1.29 is 13.2 Å². The van der Waals surface area contributed by atoms with E-state index in [1.807, 2.05) is 45.0 Å². The Labute approximate surface area is 178 Å². The average Bonchev–Trinajstić information content (AvgIpc) is 2.86. The minimum Gasteiger partial charge on any atom is -0.307 e. The van der Waals surface area contributed by atoms with Crippen molar-refractivity contribution in [3.63, 3.8) is 0 Å². The topological polar surface area (TPSA) is 57.7 Å². The fourth-order valence-corrected chi connectivity index (χ4v) is 6.15. The fraction of sp³-hybridized carbons (Fsp3) is 0.409. The molecular weight excluding hydrogens is 404 g/mol. The highest BCUT2D eigenvalue weighted by atomic mass is 32.2. The molecule has 0 saturated heterocycles. The van der Waals surface area contributed by atoms with E-state index < -0.39 is 10.0 Å². The smallest absolute Gasteiger partial charge is 0.258 e. The van der Waals surface area contributed by atoms with Crippen LogP contribution in [0.25, 0.3) is 0 Å². The molecule has 0 saturated carbocycles. The zero-order chi connectivity index (χ0) is 21.2. The number of hydrogen-bond donors (Lipinski definition) is 0. The number of hydrogen-bond acceptors (Lipinski definition) is 4. The minimum absolute atomic E-state index is 0.152. The van der Waals surface area contributed by atoms with Gasteiger partial charge in [0, 0.05) is 35.3 Å². The maximum atomic E-state index is 13.5. The molecule has 2 aromatic carbocycles. The summed E-state index contributed by atoms with van der Waals surface area (Å²) in [5.74, 6) is -0.152. The quantitative estimate of drug-likeness (QED) is 0.695. The molecule has 1 unspecified atom stereocenters. The van der Waals surface area contributed by atoms with Crippen LogP contribution in [0.2, 0.25) is 0 Å². The van der Waals surface area contributed by atoms with E-state index in [0.717, 1.165) is 22.6 Å². The lowest BCUT2D eigenvalue weighted by atomic mass is 10.1. The molecule has 0 aromatic heterocycles. The van der Waals surface area contributed by atoms with Crippen molar-refractivity contribution >= 4 is 33.4 Å². The number of fused-ring (bicyclic) bond motifs is 1. The number of thioether (sulfide) groups is 1. The Morgan fingerprint density at radius 2 is 1.86 bits per heavy atom. The maximum absolute atomic E-state index is 13.5. The van der Waals surface area contributed by atoms with Crippen LogP contribution in [0.3, 0.4) is 0 Å². The number of aryl methyl sites for hydroxylation is 1. The average molecular weight is 433 g/mol. The summed E-state index contributed by atoms with van der Waals surface area (Å²) in [6.45, 7) is 9.04. The SMILES string of the molecule is CCN(CC)S(=O)(=O)c1ccc(C)c(C(=O)N2CCC(C)Sc3ccccc32)c1. The third-order valence-corrected chi connectivity index (χ3v) is 8.55. The van der Waals surface area contributed by atoms with E-state index in [1.165, 1.54) is 10.4 Å². The van der Waals surface area contributed by atoms with Gasteiger partial charge >= 0.3 is 0 Å². The van der Waals surface area contributed by atoms with Gasteiger partial charge < -0.3 is 4.90 Å². The van der Waals surface area contributed by atoms with Crippen LogP contribution in [0.5, 0.6) is 0 Å². The van der Waals surface area contributed by atoms with E-state index >= 15 is 0 Å². The molecule has 1 aliphatic heterocycles. The van der Waals surface area contributed by atoms with E-state index in [2.05, 4.69) is 6.92 Å². The lowest BCUT2D eigenvalue weighted by molar-refractivity contribution is 0.0985. The van der Waals surface area contributed by atoms with E-state index in [1.54, 1.807) is 28.8 Å². The van der Waals surface area contributed by atoms with E-state index in [4.69, 9.17) is 0 Å².